The quantitative estimate of drug-likeness (QED) is 0.646. The number of fused-ring (bicyclic) bond motifs is 1. The Hall–Kier alpha value is -1.29. The average Bonchev–Trinajstić information content (AvgIpc) is 2.17. The lowest BCUT2D eigenvalue weighted by atomic mass is 10.3. The lowest BCUT2D eigenvalue weighted by Crippen LogP contribution is -2.35. The summed E-state index contributed by atoms with van der Waals surface area (Å²) in [6.45, 7) is 0.953. The van der Waals surface area contributed by atoms with Crippen molar-refractivity contribution in [2.45, 2.75) is 6.10 Å². The first-order valence-corrected chi connectivity index (χ1v) is 3.84. The molecule has 2 N–H and O–H groups in total. The van der Waals surface area contributed by atoms with Crippen LogP contribution in [0.1, 0.15) is 0 Å². The Labute approximate surface area is 70.3 Å². The van der Waals surface area contributed by atoms with Crippen molar-refractivity contribution in [2.24, 2.45) is 5.73 Å². The molecular weight excluding hydrogens is 156 g/mol. The molecule has 0 unspecified atom stereocenters. The maximum absolute atomic E-state index is 5.47. The summed E-state index contributed by atoms with van der Waals surface area (Å²) < 4.78 is 10.8. The van der Waals surface area contributed by atoms with Gasteiger partial charge in [0.2, 0.25) is 0 Å². The topological polar surface area (TPSA) is 57.4 Å². The molecule has 0 spiro atoms. The summed E-state index contributed by atoms with van der Waals surface area (Å²) >= 11 is 0. The van der Waals surface area contributed by atoms with Crippen LogP contribution < -0.4 is 15.2 Å². The van der Waals surface area contributed by atoms with Gasteiger partial charge in [-0.25, -0.2) is 4.98 Å². The van der Waals surface area contributed by atoms with Crippen LogP contribution in [-0.2, 0) is 0 Å². The molecule has 0 fully saturated rings. The SMILES string of the molecule is NC[C@H]1COc2ncccc2O1. The second-order valence-corrected chi connectivity index (χ2v) is 2.59. The molecule has 1 atom stereocenters. The summed E-state index contributed by atoms with van der Waals surface area (Å²) in [5, 5.41) is 0. The molecular formula is C8H10N2O2. The fourth-order valence-corrected chi connectivity index (χ4v) is 1.08. The molecule has 2 heterocycles. The van der Waals surface area contributed by atoms with Crippen LogP contribution in [0.25, 0.3) is 0 Å². The lowest BCUT2D eigenvalue weighted by molar-refractivity contribution is 0.0919. The number of nitrogens with two attached hydrogens (primary N) is 1. The largest absolute Gasteiger partial charge is 0.480 e. The molecule has 1 aromatic rings. The number of nitrogens with zero attached hydrogens (tertiary/aromatic N) is 1. The molecule has 4 heteroatoms. The normalized spacial score (nSPS) is 20.6. The van der Waals surface area contributed by atoms with E-state index in [9.17, 15) is 0 Å². The van der Waals surface area contributed by atoms with Crippen LogP contribution in [0.5, 0.6) is 11.6 Å². The van der Waals surface area contributed by atoms with E-state index >= 15 is 0 Å². The Bertz CT molecular complexity index is 278. The van der Waals surface area contributed by atoms with Crippen LogP contribution in [0.3, 0.4) is 0 Å². The van der Waals surface area contributed by atoms with Crippen molar-refractivity contribution in [3.8, 4) is 11.6 Å². The number of pyridine rings is 1. The molecule has 0 aliphatic carbocycles. The first-order chi connectivity index (χ1) is 5.90. The van der Waals surface area contributed by atoms with Crippen LogP contribution in [0.4, 0.5) is 0 Å². The molecule has 0 saturated heterocycles. The van der Waals surface area contributed by atoms with Gasteiger partial charge in [0.25, 0.3) is 5.88 Å². The van der Waals surface area contributed by atoms with Crippen molar-refractivity contribution in [2.75, 3.05) is 13.2 Å². The minimum Gasteiger partial charge on any atom is -0.480 e. The van der Waals surface area contributed by atoms with Crippen LogP contribution in [0.2, 0.25) is 0 Å². The highest BCUT2D eigenvalue weighted by Crippen LogP contribution is 2.27. The maximum Gasteiger partial charge on any atom is 0.257 e. The van der Waals surface area contributed by atoms with Crippen molar-refractivity contribution >= 4 is 0 Å². The molecule has 0 bridgehead atoms. The Kier molecular flexibility index (Phi) is 1.83. The van der Waals surface area contributed by atoms with Crippen molar-refractivity contribution in [3.63, 3.8) is 0 Å². The summed E-state index contributed by atoms with van der Waals surface area (Å²) in [6.07, 6.45) is 1.63. The van der Waals surface area contributed by atoms with Crippen molar-refractivity contribution in [1.82, 2.24) is 4.98 Å². The average molecular weight is 166 g/mol. The summed E-state index contributed by atoms with van der Waals surface area (Å²) in [7, 11) is 0. The van der Waals surface area contributed by atoms with E-state index in [2.05, 4.69) is 4.98 Å². The third-order valence-corrected chi connectivity index (χ3v) is 1.70. The Morgan fingerprint density at radius 2 is 2.58 bits per heavy atom. The molecule has 2 rings (SSSR count). The molecule has 0 amide bonds. The van der Waals surface area contributed by atoms with E-state index in [4.69, 9.17) is 15.2 Å². The fourth-order valence-electron chi connectivity index (χ4n) is 1.08. The van der Waals surface area contributed by atoms with Gasteiger partial charge in [-0.2, -0.15) is 0 Å². The third-order valence-electron chi connectivity index (χ3n) is 1.70. The number of rotatable bonds is 1. The van der Waals surface area contributed by atoms with E-state index in [1.54, 1.807) is 12.3 Å². The highest BCUT2D eigenvalue weighted by Gasteiger charge is 2.19. The zero-order chi connectivity index (χ0) is 8.39. The van der Waals surface area contributed by atoms with Crippen molar-refractivity contribution in [3.05, 3.63) is 18.3 Å². The van der Waals surface area contributed by atoms with Gasteiger partial charge in [0.1, 0.15) is 12.7 Å². The predicted octanol–water partition coefficient (Wildman–Crippen LogP) is 0.180. The predicted molar refractivity (Wildman–Crippen MR) is 43.2 cm³/mol. The van der Waals surface area contributed by atoms with E-state index in [1.165, 1.54) is 0 Å². The minimum absolute atomic E-state index is 0.0401. The third kappa shape index (κ3) is 1.21. The number of ether oxygens (including phenoxy) is 2. The smallest absolute Gasteiger partial charge is 0.257 e. The molecule has 12 heavy (non-hydrogen) atoms. The van der Waals surface area contributed by atoms with Crippen LogP contribution in [0.15, 0.2) is 18.3 Å². The van der Waals surface area contributed by atoms with Gasteiger partial charge in [-0.1, -0.05) is 0 Å². The number of aromatic nitrogens is 1. The van der Waals surface area contributed by atoms with Gasteiger partial charge in [0, 0.05) is 12.7 Å². The number of hydrogen-bond donors (Lipinski definition) is 1. The van der Waals surface area contributed by atoms with Gasteiger partial charge in [0.15, 0.2) is 5.75 Å². The van der Waals surface area contributed by atoms with Gasteiger partial charge in [-0.05, 0) is 12.1 Å². The van der Waals surface area contributed by atoms with Gasteiger partial charge in [0.05, 0.1) is 0 Å². The first-order valence-electron chi connectivity index (χ1n) is 3.84. The molecule has 0 aromatic carbocycles. The van der Waals surface area contributed by atoms with Crippen LogP contribution in [0, 0.1) is 0 Å². The van der Waals surface area contributed by atoms with E-state index < -0.39 is 0 Å². The van der Waals surface area contributed by atoms with Gasteiger partial charge < -0.3 is 15.2 Å². The summed E-state index contributed by atoms with van der Waals surface area (Å²) in [5.74, 6) is 1.24. The second-order valence-electron chi connectivity index (χ2n) is 2.59. The molecule has 4 nitrogen and oxygen atoms in total. The summed E-state index contributed by atoms with van der Waals surface area (Å²) in [4.78, 5) is 4.00. The standard InChI is InChI=1S/C8H10N2O2/c9-4-6-5-11-8-7(12-6)2-1-3-10-8/h1-3,6H,4-5,9H2/t6-/m0/s1. The lowest BCUT2D eigenvalue weighted by Gasteiger charge is -2.24. The summed E-state index contributed by atoms with van der Waals surface area (Å²) in [6, 6.07) is 3.63. The van der Waals surface area contributed by atoms with Crippen LogP contribution >= 0.6 is 0 Å². The zero-order valence-corrected chi connectivity index (χ0v) is 6.56. The Morgan fingerprint density at radius 1 is 1.67 bits per heavy atom. The van der Waals surface area contributed by atoms with E-state index in [0.717, 1.165) is 0 Å². The highest BCUT2D eigenvalue weighted by molar-refractivity contribution is 5.33. The molecule has 0 saturated carbocycles. The minimum atomic E-state index is -0.0401. The first kappa shape index (κ1) is 7.36. The Morgan fingerprint density at radius 3 is 3.42 bits per heavy atom. The molecule has 64 valence electrons. The summed E-state index contributed by atoms with van der Waals surface area (Å²) in [5.41, 5.74) is 5.43. The van der Waals surface area contributed by atoms with Crippen molar-refractivity contribution in [1.29, 1.82) is 0 Å². The zero-order valence-electron chi connectivity index (χ0n) is 6.56. The molecule has 0 radical (unpaired) electrons. The van der Waals surface area contributed by atoms with Gasteiger partial charge >= 0.3 is 0 Å². The maximum atomic E-state index is 5.47. The second kappa shape index (κ2) is 2.98. The van der Waals surface area contributed by atoms with Gasteiger partial charge in [-0.3, -0.25) is 0 Å². The Balaban J connectivity index is 2.23. The highest BCUT2D eigenvalue weighted by atomic mass is 16.6. The molecule has 1 aliphatic heterocycles. The number of hydrogen-bond acceptors (Lipinski definition) is 4. The van der Waals surface area contributed by atoms with Crippen LogP contribution in [-0.4, -0.2) is 24.2 Å². The van der Waals surface area contributed by atoms with E-state index in [-0.39, 0.29) is 6.10 Å². The molecule has 1 aromatic heterocycles. The van der Waals surface area contributed by atoms with E-state index in [0.29, 0.717) is 24.8 Å². The fraction of sp³-hybridized carbons (Fsp3) is 0.375. The van der Waals surface area contributed by atoms with E-state index in [1.807, 2.05) is 6.07 Å². The monoisotopic (exact) mass is 166 g/mol. The van der Waals surface area contributed by atoms with Gasteiger partial charge in [-0.15, -0.1) is 0 Å². The molecule has 1 aliphatic rings. The van der Waals surface area contributed by atoms with Crippen molar-refractivity contribution < 1.29 is 9.47 Å².